The Hall–Kier alpha value is -1.20. The van der Waals surface area contributed by atoms with Crippen molar-refractivity contribution in [1.82, 2.24) is 0 Å². The first-order valence-corrected chi connectivity index (χ1v) is 3.82. The second-order valence-electron chi connectivity index (χ2n) is 2.72. The lowest BCUT2D eigenvalue weighted by molar-refractivity contribution is -0.00843. The molecule has 1 aliphatic rings. The molecule has 13 heavy (non-hydrogen) atoms. The fourth-order valence-corrected chi connectivity index (χ4v) is 1.40. The minimum Gasteiger partial charge on any atom is -0.433 e. The second kappa shape index (κ2) is 4.15. The Labute approximate surface area is 72.8 Å². The highest BCUT2D eigenvalue weighted by Gasteiger charge is 2.33. The summed E-state index contributed by atoms with van der Waals surface area (Å²) >= 11 is 0. The maximum Gasteiger partial charge on any atom is 0.495 e. The van der Waals surface area contributed by atoms with Crippen molar-refractivity contribution in [3.05, 3.63) is 0 Å². The van der Waals surface area contributed by atoms with Crippen LogP contribution in [-0.4, -0.2) is 24.7 Å². The number of hydrogen-bond donors (Lipinski definition) is 0. The van der Waals surface area contributed by atoms with Gasteiger partial charge in [-0.15, -0.1) is 8.78 Å². The van der Waals surface area contributed by atoms with E-state index in [1.54, 1.807) is 0 Å². The van der Waals surface area contributed by atoms with E-state index in [1.165, 1.54) is 0 Å². The number of rotatable bonds is 2. The van der Waals surface area contributed by atoms with Gasteiger partial charge < -0.3 is 9.47 Å². The largest absolute Gasteiger partial charge is 0.495 e. The molecule has 2 atom stereocenters. The van der Waals surface area contributed by atoms with Crippen LogP contribution in [0.1, 0.15) is 19.3 Å². The molecule has 0 saturated heterocycles. The highest BCUT2D eigenvalue weighted by Crippen LogP contribution is 2.25. The van der Waals surface area contributed by atoms with Crippen LogP contribution in [0.25, 0.3) is 0 Å². The number of ether oxygens (including phenoxy) is 2. The Morgan fingerprint density at radius 3 is 1.69 bits per heavy atom. The summed E-state index contributed by atoms with van der Waals surface area (Å²) in [6.07, 6.45) is -4.20. The molecule has 0 aliphatic heterocycles. The number of halogens is 2. The van der Waals surface area contributed by atoms with Crippen LogP contribution in [0, 0.1) is 0 Å². The number of carbonyl (C=O) groups is 2. The smallest absolute Gasteiger partial charge is 0.433 e. The lowest BCUT2D eigenvalue weighted by Crippen LogP contribution is -2.28. The van der Waals surface area contributed by atoms with Crippen molar-refractivity contribution in [2.45, 2.75) is 31.5 Å². The zero-order chi connectivity index (χ0) is 9.84. The van der Waals surface area contributed by atoms with Crippen LogP contribution >= 0.6 is 0 Å². The molecule has 0 aromatic rings. The minimum absolute atomic E-state index is 0.383. The van der Waals surface area contributed by atoms with E-state index in [0.717, 1.165) is 0 Å². The topological polar surface area (TPSA) is 52.6 Å². The summed E-state index contributed by atoms with van der Waals surface area (Å²) in [6.45, 7) is 0. The molecule has 4 nitrogen and oxygen atoms in total. The maximum absolute atomic E-state index is 11.8. The highest BCUT2D eigenvalue weighted by molar-refractivity contribution is 5.59. The molecule has 74 valence electrons. The molecular weight excluding hydrogens is 186 g/mol. The van der Waals surface area contributed by atoms with Crippen molar-refractivity contribution in [1.29, 1.82) is 0 Å². The molecule has 0 aromatic carbocycles. The normalized spacial score (nSPS) is 26.9. The maximum atomic E-state index is 11.8. The van der Waals surface area contributed by atoms with Crippen molar-refractivity contribution in [2.75, 3.05) is 0 Å². The molecule has 2 unspecified atom stereocenters. The van der Waals surface area contributed by atoms with E-state index >= 15 is 0 Å². The molecule has 0 aromatic heterocycles. The van der Waals surface area contributed by atoms with Gasteiger partial charge in [0.2, 0.25) is 0 Å². The third kappa shape index (κ3) is 2.96. The predicted molar refractivity (Wildman–Crippen MR) is 36.6 cm³/mol. The Morgan fingerprint density at radius 1 is 1.00 bits per heavy atom. The summed E-state index contributed by atoms with van der Waals surface area (Å²) in [5.74, 6) is 0. The molecule has 0 bridgehead atoms. The number of carbonyl (C=O) groups excluding carboxylic acids is 2. The van der Waals surface area contributed by atoms with E-state index in [-0.39, 0.29) is 0 Å². The van der Waals surface area contributed by atoms with Gasteiger partial charge in [-0.3, -0.25) is 0 Å². The van der Waals surface area contributed by atoms with E-state index in [1.807, 2.05) is 0 Å². The Bertz CT molecular complexity index is 197. The van der Waals surface area contributed by atoms with Gasteiger partial charge in [-0.2, -0.15) is 0 Å². The van der Waals surface area contributed by atoms with Gasteiger partial charge in [-0.25, -0.2) is 9.59 Å². The molecule has 0 amide bonds. The van der Waals surface area contributed by atoms with Gasteiger partial charge in [-0.05, 0) is 19.3 Å². The molecule has 0 radical (unpaired) electrons. The monoisotopic (exact) mass is 194 g/mol. The summed E-state index contributed by atoms with van der Waals surface area (Å²) in [6, 6.07) is 0. The molecular formula is C7H8F2O4. The molecule has 1 saturated carbocycles. The lowest BCUT2D eigenvalue weighted by Gasteiger charge is -2.16. The fraction of sp³-hybridized carbons (Fsp3) is 0.714. The van der Waals surface area contributed by atoms with E-state index in [2.05, 4.69) is 9.47 Å². The van der Waals surface area contributed by atoms with Gasteiger partial charge in [0.15, 0.2) is 0 Å². The Kier molecular flexibility index (Phi) is 3.16. The second-order valence-corrected chi connectivity index (χ2v) is 2.72. The quantitative estimate of drug-likeness (QED) is 0.631. The molecule has 6 heteroatoms. The van der Waals surface area contributed by atoms with Crippen LogP contribution in [0.4, 0.5) is 18.4 Å². The average molecular weight is 194 g/mol. The summed E-state index contributed by atoms with van der Waals surface area (Å²) in [7, 11) is 0. The van der Waals surface area contributed by atoms with Gasteiger partial charge in [-0.1, -0.05) is 0 Å². The molecule has 1 rings (SSSR count). The fourth-order valence-electron chi connectivity index (χ4n) is 1.40. The SMILES string of the molecule is O=C(F)OC1CCCC1OC(=O)F. The summed E-state index contributed by atoms with van der Waals surface area (Å²) in [4.78, 5) is 19.8. The average Bonchev–Trinajstić information content (AvgIpc) is 2.34. The van der Waals surface area contributed by atoms with Crippen molar-refractivity contribution in [3.8, 4) is 0 Å². The third-order valence-corrected chi connectivity index (χ3v) is 1.88. The van der Waals surface area contributed by atoms with Gasteiger partial charge in [0.1, 0.15) is 12.2 Å². The molecule has 1 fully saturated rings. The number of hydrogen-bond acceptors (Lipinski definition) is 4. The molecule has 0 heterocycles. The zero-order valence-corrected chi connectivity index (χ0v) is 6.66. The third-order valence-electron chi connectivity index (χ3n) is 1.88. The van der Waals surface area contributed by atoms with Crippen molar-refractivity contribution in [3.63, 3.8) is 0 Å². The van der Waals surface area contributed by atoms with Crippen LogP contribution in [-0.2, 0) is 9.47 Å². The Morgan fingerprint density at radius 2 is 1.38 bits per heavy atom. The van der Waals surface area contributed by atoms with Crippen LogP contribution < -0.4 is 0 Å². The Balaban J connectivity index is 2.43. The van der Waals surface area contributed by atoms with E-state index < -0.39 is 24.7 Å². The van der Waals surface area contributed by atoms with Gasteiger partial charge in [0.25, 0.3) is 0 Å². The van der Waals surface area contributed by atoms with Crippen molar-refractivity contribution in [2.24, 2.45) is 0 Å². The summed E-state index contributed by atoms with van der Waals surface area (Å²) in [5.41, 5.74) is 0. The zero-order valence-electron chi connectivity index (χ0n) is 6.66. The summed E-state index contributed by atoms with van der Waals surface area (Å²) < 4.78 is 31.9. The lowest BCUT2D eigenvalue weighted by atomic mass is 10.2. The standard InChI is InChI=1S/C7H8F2O4/c8-6(10)12-4-2-1-3-5(4)13-7(9)11/h4-5H,1-3H2. The van der Waals surface area contributed by atoms with Crippen molar-refractivity contribution < 1.29 is 27.8 Å². The van der Waals surface area contributed by atoms with Gasteiger partial charge in [0.05, 0.1) is 0 Å². The van der Waals surface area contributed by atoms with Crippen LogP contribution in [0.2, 0.25) is 0 Å². The highest BCUT2D eigenvalue weighted by atomic mass is 19.2. The summed E-state index contributed by atoms with van der Waals surface area (Å²) in [5, 5.41) is 0. The van der Waals surface area contributed by atoms with E-state index in [4.69, 9.17) is 0 Å². The first-order valence-electron chi connectivity index (χ1n) is 3.82. The first kappa shape index (κ1) is 9.88. The van der Waals surface area contributed by atoms with Gasteiger partial charge in [0, 0.05) is 0 Å². The van der Waals surface area contributed by atoms with Crippen LogP contribution in [0.3, 0.4) is 0 Å². The van der Waals surface area contributed by atoms with Gasteiger partial charge >= 0.3 is 12.4 Å². The first-order chi connectivity index (χ1) is 6.09. The van der Waals surface area contributed by atoms with E-state index in [9.17, 15) is 18.4 Å². The van der Waals surface area contributed by atoms with E-state index in [0.29, 0.717) is 19.3 Å². The molecule has 1 aliphatic carbocycles. The molecule has 0 spiro atoms. The van der Waals surface area contributed by atoms with Crippen molar-refractivity contribution >= 4 is 12.4 Å². The molecule has 0 N–H and O–H groups in total. The minimum atomic E-state index is -1.94. The van der Waals surface area contributed by atoms with Crippen LogP contribution in [0.15, 0.2) is 0 Å². The predicted octanol–water partition coefficient (Wildman–Crippen LogP) is 2.12. The van der Waals surface area contributed by atoms with Crippen LogP contribution in [0.5, 0.6) is 0 Å².